The predicted molar refractivity (Wildman–Crippen MR) is 344 cm³/mol. The van der Waals surface area contributed by atoms with Crippen molar-refractivity contribution in [2.24, 2.45) is 124 Å². The summed E-state index contributed by atoms with van der Waals surface area (Å²) < 4.78 is 0. The van der Waals surface area contributed by atoms with Crippen LogP contribution in [0.4, 0.5) is 0 Å². The van der Waals surface area contributed by atoms with Crippen LogP contribution < -0.4 is 0 Å². The molecule has 12 atom stereocenters. The van der Waals surface area contributed by atoms with Gasteiger partial charge in [0.1, 0.15) is 0 Å². The summed E-state index contributed by atoms with van der Waals surface area (Å²) in [6.07, 6.45) is 77.0. The first-order chi connectivity index (χ1) is 37.9. The first kappa shape index (κ1) is 64.0. The molecule has 0 heteroatoms. The molecule has 0 aromatic rings. The van der Waals surface area contributed by atoms with Crippen LogP contribution in [-0.4, -0.2) is 0 Å². The van der Waals surface area contributed by atoms with Gasteiger partial charge < -0.3 is 0 Å². The third-order valence-corrected chi connectivity index (χ3v) is 26.2. The van der Waals surface area contributed by atoms with Crippen LogP contribution >= 0.6 is 0 Å². The Bertz CT molecular complexity index is 1480. The van der Waals surface area contributed by atoms with E-state index >= 15 is 0 Å². The molecule has 454 valence electrons. The van der Waals surface area contributed by atoms with E-state index in [9.17, 15) is 0 Å². The van der Waals surface area contributed by atoms with Gasteiger partial charge in [-0.25, -0.2) is 0 Å². The van der Waals surface area contributed by atoms with Gasteiger partial charge in [0.15, 0.2) is 0 Å². The largest absolute Gasteiger partial charge is 0.0625 e. The Kier molecular flexibility index (Phi) is 28.6. The van der Waals surface area contributed by atoms with Crippen LogP contribution in [0.1, 0.15) is 370 Å². The molecule has 0 heterocycles. The first-order valence-electron chi connectivity index (χ1n) is 37.9. The molecule has 0 aliphatic heterocycles. The van der Waals surface area contributed by atoms with E-state index in [4.69, 9.17) is 0 Å². The molecule has 0 saturated heterocycles. The maximum atomic E-state index is 2.47. The average molecular weight is 1080 g/mol. The lowest BCUT2D eigenvalue weighted by Gasteiger charge is -2.34. The van der Waals surface area contributed by atoms with E-state index in [1.165, 1.54) is 167 Å². The van der Waals surface area contributed by atoms with Gasteiger partial charge in [0, 0.05) is 0 Å². The highest BCUT2D eigenvalue weighted by Gasteiger charge is 2.34. The lowest BCUT2D eigenvalue weighted by Crippen LogP contribution is -2.20. The lowest BCUT2D eigenvalue weighted by atomic mass is 9.72. The van der Waals surface area contributed by atoms with Gasteiger partial charge in [-0.05, 0) is 201 Å². The first-order valence-corrected chi connectivity index (χ1v) is 37.9. The fraction of sp³-hybridized carbons (Fsp3) is 1.00. The molecule has 0 aromatic heterocycles. The molecule has 0 nitrogen and oxygen atoms in total. The summed E-state index contributed by atoms with van der Waals surface area (Å²) in [5, 5.41) is 0. The van der Waals surface area contributed by atoms with Crippen LogP contribution in [0.25, 0.3) is 0 Å². The average Bonchev–Trinajstić information content (AvgIpc) is 3.45. The highest BCUT2D eigenvalue weighted by molar-refractivity contribution is 4.86. The molecule has 0 radical (unpaired) electrons. The molecule has 18 rings (SSSR count). The second kappa shape index (κ2) is 34.8. The molecule has 18 saturated carbocycles. The Morgan fingerprint density at radius 1 is 0.115 bits per heavy atom. The molecule has 14 bridgehead atoms. The Morgan fingerprint density at radius 2 is 0.269 bits per heavy atom. The van der Waals surface area contributed by atoms with E-state index in [1.807, 2.05) is 0 Å². The van der Waals surface area contributed by atoms with E-state index in [0.717, 1.165) is 124 Å². The van der Waals surface area contributed by atoms with E-state index in [-0.39, 0.29) is 0 Å². The van der Waals surface area contributed by atoms with Gasteiger partial charge >= 0.3 is 0 Å². The zero-order chi connectivity index (χ0) is 54.5. The normalized spacial score (nSPS) is 44.7. The van der Waals surface area contributed by atoms with E-state index < -0.39 is 0 Å². The topological polar surface area (TPSA) is 0 Å². The maximum absolute atomic E-state index is 2.47. The van der Waals surface area contributed by atoms with Crippen molar-refractivity contribution in [3.8, 4) is 0 Å². The molecule has 18 aliphatic rings. The van der Waals surface area contributed by atoms with Crippen molar-refractivity contribution in [1.29, 1.82) is 0 Å². The lowest BCUT2D eigenvalue weighted by molar-refractivity contribution is 0.185. The van der Waals surface area contributed by atoms with Gasteiger partial charge in [0.25, 0.3) is 0 Å². The monoisotopic (exact) mass is 1080 g/mol. The fourth-order valence-electron chi connectivity index (χ4n) is 21.4. The summed E-state index contributed by atoms with van der Waals surface area (Å²) >= 11 is 0. The Hall–Kier alpha value is 0. The molecular weight excluding hydrogens is 937 g/mol. The third kappa shape index (κ3) is 23.8. The number of fused-ring (bicyclic) bond motifs is 28. The minimum atomic E-state index is 1.02. The molecule has 78 heavy (non-hydrogen) atoms. The number of rotatable bonds is 0. The van der Waals surface area contributed by atoms with Crippen molar-refractivity contribution >= 4 is 0 Å². The predicted octanol–water partition coefficient (Wildman–Crippen LogP) is 25.7. The Balaban J connectivity index is 0.000000120. The third-order valence-electron chi connectivity index (χ3n) is 26.2. The highest BCUT2D eigenvalue weighted by atomic mass is 14.4. The van der Waals surface area contributed by atoms with Gasteiger partial charge in [-0.2, -0.15) is 0 Å². The summed E-state index contributed by atoms with van der Waals surface area (Å²) in [5.74, 6) is 22.8. The Morgan fingerprint density at radius 3 is 0.667 bits per heavy atom. The number of hydrogen-bond donors (Lipinski definition) is 0. The Labute approximate surface area is 491 Å². The van der Waals surface area contributed by atoms with E-state index in [2.05, 4.69) is 48.5 Å². The minimum Gasteiger partial charge on any atom is -0.0625 e. The minimum absolute atomic E-state index is 1.02. The van der Waals surface area contributed by atoms with Crippen LogP contribution in [0.3, 0.4) is 0 Å². The quantitative estimate of drug-likeness (QED) is 0.227. The molecule has 0 amide bonds. The highest BCUT2D eigenvalue weighted by Crippen LogP contribution is 2.47. The summed E-state index contributed by atoms with van der Waals surface area (Å²) in [6, 6.07) is 0. The summed E-state index contributed by atoms with van der Waals surface area (Å²) in [6.45, 7) is 17.1. The molecule has 0 spiro atoms. The zero-order valence-electron chi connectivity index (χ0n) is 54.5. The zero-order valence-corrected chi connectivity index (χ0v) is 54.5. The second-order valence-electron chi connectivity index (χ2n) is 34.0. The fourth-order valence-corrected chi connectivity index (χ4v) is 21.4. The smallest absolute Gasteiger partial charge is 0.0406 e. The van der Waals surface area contributed by atoms with Crippen molar-refractivity contribution in [2.45, 2.75) is 370 Å². The van der Waals surface area contributed by atoms with Crippen molar-refractivity contribution in [2.75, 3.05) is 0 Å². The molecule has 0 aromatic carbocycles. The van der Waals surface area contributed by atoms with Gasteiger partial charge in [0.2, 0.25) is 0 Å². The van der Waals surface area contributed by atoms with Crippen LogP contribution in [0.2, 0.25) is 0 Å². The van der Waals surface area contributed by atoms with Crippen LogP contribution in [-0.2, 0) is 0 Å². The SMILES string of the molecule is CC1CC2CCCC(CCC2)C1.C[C@@H]1CCC2CC(C2)C1.C[C@@H]1CCC2CCC(C2)C1.C[C@@H]1CCC2CCC(CC2)C1.C[C@@H]1CCC2CCCC(C2)C1.C[C@@H]1CCC2CCCC(CC2)C1.C[C@@H]1CCC2CCCC(CCC2)C1. The summed E-state index contributed by atoms with van der Waals surface area (Å²) in [7, 11) is 0. The van der Waals surface area contributed by atoms with Crippen LogP contribution in [0.5, 0.6) is 0 Å². The molecule has 6 unspecified atom stereocenters. The van der Waals surface area contributed by atoms with Gasteiger partial charge in [-0.1, -0.05) is 292 Å². The van der Waals surface area contributed by atoms with Gasteiger partial charge in [0.05, 0.1) is 0 Å². The summed E-state index contributed by atoms with van der Waals surface area (Å²) in [5.41, 5.74) is 0. The molecule has 18 aliphatic carbocycles. The molecule has 18 fully saturated rings. The maximum Gasteiger partial charge on any atom is -0.0406 e. The van der Waals surface area contributed by atoms with Crippen molar-refractivity contribution in [3.63, 3.8) is 0 Å². The molecule has 0 N–H and O–H groups in total. The second-order valence-corrected chi connectivity index (χ2v) is 34.0. The standard InChI is InChI=1S/C13H24.2C12H22.2C11H20.C10H18.C9H16/c1-11-8-9-12-4-2-6-13(10-11)7-3-5-12;1-10-8-11-4-2-5-12(9-10)7-3-6-11;1-10-5-6-11-3-2-4-12(9-10)8-7-11;1-9-2-3-10-4-6-11(8-9)7-5-10;1-9-5-6-10-3-2-4-11(7-9)8-10;1-8-2-3-9-4-5-10(6-8)7-9;1-7-2-3-8-5-9(4-7)6-8/h11-13H,2-10H2,1H3;2*10-12H,2-9H2,1H3;2*9-11H,2-8H2,1H3;8-10H,2-7H2,1H3;7-9H,2-6H2,1H3/t11-,12?,13?;;10-,11?,12?;2*9-,10?,11?;8-,9?,10?;7-,8?,9?/m1.11111/s1. The van der Waals surface area contributed by atoms with Gasteiger partial charge in [-0.3, -0.25) is 0 Å². The van der Waals surface area contributed by atoms with Crippen molar-refractivity contribution < 1.29 is 0 Å². The van der Waals surface area contributed by atoms with Crippen LogP contribution in [0.15, 0.2) is 0 Å². The van der Waals surface area contributed by atoms with Gasteiger partial charge in [-0.15, -0.1) is 0 Å². The van der Waals surface area contributed by atoms with Crippen LogP contribution in [0, 0.1) is 124 Å². The van der Waals surface area contributed by atoms with E-state index in [0.29, 0.717) is 0 Å². The molecular formula is C78H142. The van der Waals surface area contributed by atoms with Crippen molar-refractivity contribution in [3.05, 3.63) is 0 Å². The summed E-state index contributed by atoms with van der Waals surface area (Å²) in [4.78, 5) is 0. The van der Waals surface area contributed by atoms with Crippen molar-refractivity contribution in [1.82, 2.24) is 0 Å². The van der Waals surface area contributed by atoms with E-state index in [1.54, 1.807) is 154 Å². The number of hydrogen-bond acceptors (Lipinski definition) is 0.